The van der Waals surface area contributed by atoms with Crippen molar-refractivity contribution in [2.45, 2.75) is 45.6 Å². The van der Waals surface area contributed by atoms with Crippen molar-refractivity contribution in [1.29, 1.82) is 0 Å². The Hall–Kier alpha value is -3.61. The molecule has 1 aromatic heterocycles. The van der Waals surface area contributed by atoms with Gasteiger partial charge in [-0.05, 0) is 62.3 Å². The smallest absolute Gasteiger partial charge is 0.315 e. The zero-order chi connectivity index (χ0) is 22.8. The van der Waals surface area contributed by atoms with Gasteiger partial charge in [0.25, 0.3) is 5.56 Å². The molecule has 7 nitrogen and oxygen atoms in total. The van der Waals surface area contributed by atoms with Crippen LogP contribution < -0.4 is 16.2 Å². The molecule has 1 heterocycles. The summed E-state index contributed by atoms with van der Waals surface area (Å²) in [6, 6.07) is 16.6. The number of hydrogen-bond donors (Lipinski definition) is 4. The van der Waals surface area contributed by atoms with Crippen LogP contribution in [0.15, 0.2) is 59.4 Å². The Balaban J connectivity index is 1.37. The first-order chi connectivity index (χ1) is 15.5. The summed E-state index contributed by atoms with van der Waals surface area (Å²) in [5.74, 6) is 0.201. The van der Waals surface area contributed by atoms with E-state index in [9.17, 15) is 14.7 Å². The molecule has 0 aliphatic rings. The third-order valence-electron chi connectivity index (χ3n) is 5.29. The Morgan fingerprint density at radius 2 is 1.69 bits per heavy atom. The van der Waals surface area contributed by atoms with E-state index in [1.807, 2.05) is 25.1 Å². The fourth-order valence-electron chi connectivity index (χ4n) is 3.43. The predicted molar refractivity (Wildman–Crippen MR) is 125 cm³/mol. The molecule has 0 radical (unpaired) electrons. The Morgan fingerprint density at radius 3 is 2.44 bits per heavy atom. The number of phenols is 1. The lowest BCUT2D eigenvalue weighted by Gasteiger charge is -2.09. The fraction of sp³-hybridized carbons (Fsp3) is 0.320. The minimum Gasteiger partial charge on any atom is -0.508 e. The number of aryl methyl sites for hydroxylation is 4. The minimum atomic E-state index is -0.230. The van der Waals surface area contributed by atoms with Gasteiger partial charge in [-0.15, -0.1) is 0 Å². The topological polar surface area (TPSA) is 107 Å². The van der Waals surface area contributed by atoms with Crippen LogP contribution in [0, 0.1) is 6.92 Å². The van der Waals surface area contributed by atoms with Gasteiger partial charge in [0.15, 0.2) is 0 Å². The molecular weight excluding hydrogens is 404 g/mol. The number of nitrogens with zero attached hydrogens (tertiary/aromatic N) is 1. The quantitative estimate of drug-likeness (QED) is 0.367. The van der Waals surface area contributed by atoms with Crippen molar-refractivity contribution in [1.82, 2.24) is 20.6 Å². The number of aromatic amines is 1. The monoisotopic (exact) mass is 434 g/mol. The highest BCUT2D eigenvalue weighted by atomic mass is 16.3. The van der Waals surface area contributed by atoms with Gasteiger partial charge in [-0.2, -0.15) is 0 Å². The third kappa shape index (κ3) is 7.27. The molecule has 0 bridgehead atoms. The van der Waals surface area contributed by atoms with Crippen molar-refractivity contribution >= 4 is 6.03 Å². The average Bonchev–Trinajstić information content (AvgIpc) is 2.80. The normalized spacial score (nSPS) is 10.7. The van der Waals surface area contributed by atoms with Crippen LogP contribution >= 0.6 is 0 Å². The Labute approximate surface area is 187 Å². The lowest BCUT2D eigenvalue weighted by atomic mass is 10.1. The number of rotatable bonds is 10. The fourth-order valence-corrected chi connectivity index (χ4v) is 3.43. The Kier molecular flexibility index (Phi) is 8.43. The van der Waals surface area contributed by atoms with Crippen LogP contribution in [-0.4, -0.2) is 27.7 Å². The second kappa shape index (κ2) is 11.7. The number of hydrogen-bond acceptors (Lipinski definition) is 4. The van der Waals surface area contributed by atoms with E-state index in [2.05, 4.69) is 32.7 Å². The SMILES string of the molecule is Cc1nc(CCc2ccccc2)c(=O)[nH]c1CCCCNC(=O)NCc1ccc(O)cc1. The summed E-state index contributed by atoms with van der Waals surface area (Å²) in [5, 5.41) is 14.9. The molecule has 0 fully saturated rings. The summed E-state index contributed by atoms with van der Waals surface area (Å²) in [4.78, 5) is 31.8. The molecular formula is C25H30N4O3. The van der Waals surface area contributed by atoms with Gasteiger partial charge >= 0.3 is 6.03 Å². The summed E-state index contributed by atoms with van der Waals surface area (Å²) < 4.78 is 0. The third-order valence-corrected chi connectivity index (χ3v) is 5.29. The van der Waals surface area contributed by atoms with Gasteiger partial charge in [0.2, 0.25) is 0 Å². The van der Waals surface area contributed by atoms with Gasteiger partial charge < -0.3 is 20.7 Å². The predicted octanol–water partition coefficient (Wildman–Crippen LogP) is 3.39. The molecule has 3 rings (SSSR count). The second-order valence-corrected chi connectivity index (χ2v) is 7.80. The first-order valence-corrected chi connectivity index (χ1v) is 10.9. The zero-order valence-corrected chi connectivity index (χ0v) is 18.4. The average molecular weight is 435 g/mol. The lowest BCUT2D eigenvalue weighted by Crippen LogP contribution is -2.35. The summed E-state index contributed by atoms with van der Waals surface area (Å²) in [6.07, 6.45) is 3.74. The van der Waals surface area contributed by atoms with Crippen molar-refractivity contribution in [3.05, 3.63) is 93.2 Å². The maximum atomic E-state index is 12.4. The van der Waals surface area contributed by atoms with E-state index in [4.69, 9.17) is 0 Å². The molecule has 0 atom stereocenters. The molecule has 2 aromatic carbocycles. The lowest BCUT2D eigenvalue weighted by molar-refractivity contribution is 0.240. The van der Waals surface area contributed by atoms with E-state index < -0.39 is 0 Å². The number of urea groups is 1. The van der Waals surface area contributed by atoms with Gasteiger partial charge in [0.05, 0.1) is 5.69 Å². The minimum absolute atomic E-state index is 0.117. The summed E-state index contributed by atoms with van der Waals surface area (Å²) in [6.45, 7) is 2.87. The summed E-state index contributed by atoms with van der Waals surface area (Å²) in [7, 11) is 0. The number of benzene rings is 2. The van der Waals surface area contributed by atoms with Crippen molar-refractivity contribution in [2.24, 2.45) is 0 Å². The molecule has 0 unspecified atom stereocenters. The van der Waals surface area contributed by atoms with Crippen molar-refractivity contribution in [2.75, 3.05) is 6.54 Å². The maximum Gasteiger partial charge on any atom is 0.315 e. The van der Waals surface area contributed by atoms with E-state index in [1.54, 1.807) is 24.3 Å². The molecule has 4 N–H and O–H groups in total. The number of phenolic OH excluding ortho intramolecular Hbond substituents is 1. The van der Waals surface area contributed by atoms with Gasteiger partial charge in [-0.3, -0.25) is 9.78 Å². The molecule has 168 valence electrons. The van der Waals surface area contributed by atoms with Gasteiger partial charge in [-0.1, -0.05) is 42.5 Å². The van der Waals surface area contributed by atoms with E-state index in [0.29, 0.717) is 31.6 Å². The Morgan fingerprint density at radius 1 is 0.938 bits per heavy atom. The number of H-pyrrole nitrogens is 1. The van der Waals surface area contributed by atoms with Gasteiger partial charge in [-0.25, -0.2) is 4.79 Å². The first-order valence-electron chi connectivity index (χ1n) is 10.9. The maximum absolute atomic E-state index is 12.4. The standard InChI is InChI=1S/C25H30N4O3/c1-18-22(29-24(31)23(28-18)15-12-19-7-3-2-4-8-19)9-5-6-16-26-25(32)27-17-20-10-13-21(30)14-11-20/h2-4,7-8,10-11,13-14,30H,5-6,9,12,15-17H2,1H3,(H,29,31)(H2,26,27,32). The molecule has 0 spiro atoms. The van der Waals surface area contributed by atoms with Crippen LogP contribution in [0.3, 0.4) is 0 Å². The van der Waals surface area contributed by atoms with Crippen molar-refractivity contribution in [3.8, 4) is 5.75 Å². The van der Waals surface area contributed by atoms with Crippen molar-refractivity contribution in [3.63, 3.8) is 0 Å². The first kappa shape index (κ1) is 23.1. The number of carbonyl (C=O) groups excluding carboxylic acids is 1. The Bertz CT molecular complexity index is 1060. The zero-order valence-electron chi connectivity index (χ0n) is 18.4. The largest absolute Gasteiger partial charge is 0.508 e. The molecule has 0 saturated carbocycles. The van der Waals surface area contributed by atoms with Crippen LogP contribution in [-0.2, 0) is 25.8 Å². The van der Waals surface area contributed by atoms with Gasteiger partial charge in [0.1, 0.15) is 11.4 Å². The van der Waals surface area contributed by atoms with Crippen LogP contribution in [0.5, 0.6) is 5.75 Å². The highest BCUT2D eigenvalue weighted by Gasteiger charge is 2.08. The van der Waals surface area contributed by atoms with E-state index in [1.165, 1.54) is 5.56 Å². The van der Waals surface area contributed by atoms with Crippen molar-refractivity contribution < 1.29 is 9.90 Å². The number of carbonyl (C=O) groups is 1. The van der Waals surface area contributed by atoms with E-state index in [-0.39, 0.29) is 17.3 Å². The van der Waals surface area contributed by atoms with Crippen LogP contribution in [0.25, 0.3) is 0 Å². The summed E-state index contributed by atoms with van der Waals surface area (Å²) >= 11 is 0. The molecule has 0 saturated heterocycles. The molecule has 0 aliphatic carbocycles. The van der Waals surface area contributed by atoms with E-state index in [0.717, 1.165) is 36.2 Å². The van der Waals surface area contributed by atoms with Gasteiger partial charge in [0, 0.05) is 18.8 Å². The molecule has 32 heavy (non-hydrogen) atoms. The highest BCUT2D eigenvalue weighted by Crippen LogP contribution is 2.09. The van der Waals surface area contributed by atoms with E-state index >= 15 is 0 Å². The van der Waals surface area contributed by atoms with Crippen LogP contribution in [0.4, 0.5) is 4.79 Å². The number of aromatic hydroxyl groups is 1. The number of amides is 2. The van der Waals surface area contributed by atoms with Crippen LogP contribution in [0.1, 0.15) is 41.1 Å². The summed E-state index contributed by atoms with van der Waals surface area (Å²) in [5.41, 5.74) is 4.27. The number of unbranched alkanes of at least 4 members (excludes halogenated alkanes) is 1. The molecule has 0 aliphatic heterocycles. The molecule has 7 heteroatoms. The molecule has 2 amide bonds. The second-order valence-electron chi connectivity index (χ2n) is 7.80. The highest BCUT2D eigenvalue weighted by molar-refractivity contribution is 5.73. The number of aromatic nitrogens is 2. The van der Waals surface area contributed by atoms with Crippen LogP contribution in [0.2, 0.25) is 0 Å². The molecule has 3 aromatic rings. The number of nitrogens with one attached hydrogen (secondary N) is 3.